The molecule has 0 fully saturated rings. The van der Waals surface area contributed by atoms with Crippen LogP contribution < -0.4 is 0 Å². The van der Waals surface area contributed by atoms with E-state index in [0.717, 1.165) is 0 Å². The number of carbonyl (C=O) groups is 1. The molecule has 0 unspecified atom stereocenters. The number of ketones is 1. The molecule has 0 radical (unpaired) electrons. The van der Waals surface area contributed by atoms with E-state index in [0.29, 0.717) is 5.76 Å². The standard InChI is InChI=1S/C11H14O2/c1-11(2,3)10(12)7-6-9-5-4-8-13-9/h4-8H,1-3H3/b7-6+. The molecule has 0 saturated heterocycles. The summed E-state index contributed by atoms with van der Waals surface area (Å²) in [7, 11) is 0. The number of hydrogen-bond donors (Lipinski definition) is 0. The maximum absolute atomic E-state index is 11.4. The van der Waals surface area contributed by atoms with Crippen LogP contribution in [0, 0.1) is 5.41 Å². The maximum atomic E-state index is 11.4. The Morgan fingerprint density at radius 2 is 2.15 bits per heavy atom. The summed E-state index contributed by atoms with van der Waals surface area (Å²) in [4.78, 5) is 11.4. The summed E-state index contributed by atoms with van der Waals surface area (Å²) < 4.78 is 5.06. The second-order valence-electron chi connectivity index (χ2n) is 3.96. The fraction of sp³-hybridized carbons (Fsp3) is 0.364. The molecule has 0 aliphatic rings. The number of rotatable bonds is 2. The third-order valence-corrected chi connectivity index (χ3v) is 1.68. The van der Waals surface area contributed by atoms with Crippen molar-refractivity contribution in [3.05, 3.63) is 30.2 Å². The van der Waals surface area contributed by atoms with Crippen LogP contribution in [-0.2, 0) is 4.79 Å². The van der Waals surface area contributed by atoms with Crippen molar-refractivity contribution in [3.63, 3.8) is 0 Å². The Morgan fingerprint density at radius 3 is 2.62 bits per heavy atom. The van der Waals surface area contributed by atoms with Crippen molar-refractivity contribution < 1.29 is 9.21 Å². The van der Waals surface area contributed by atoms with E-state index in [2.05, 4.69) is 0 Å². The lowest BCUT2D eigenvalue weighted by molar-refractivity contribution is -0.121. The van der Waals surface area contributed by atoms with Crippen LogP contribution in [0.3, 0.4) is 0 Å². The van der Waals surface area contributed by atoms with E-state index in [4.69, 9.17) is 4.42 Å². The summed E-state index contributed by atoms with van der Waals surface area (Å²) in [5.41, 5.74) is -0.316. The van der Waals surface area contributed by atoms with E-state index >= 15 is 0 Å². The van der Waals surface area contributed by atoms with E-state index in [-0.39, 0.29) is 11.2 Å². The normalized spacial score (nSPS) is 12.2. The Bertz CT molecular complexity index is 299. The zero-order chi connectivity index (χ0) is 9.90. The second-order valence-corrected chi connectivity index (χ2v) is 3.96. The average Bonchev–Trinajstić information content (AvgIpc) is 2.50. The van der Waals surface area contributed by atoms with Crippen LogP contribution in [0.5, 0.6) is 0 Å². The van der Waals surface area contributed by atoms with Gasteiger partial charge in [-0.05, 0) is 24.3 Å². The van der Waals surface area contributed by atoms with Crippen LogP contribution in [0.4, 0.5) is 0 Å². The SMILES string of the molecule is CC(C)(C)C(=O)/C=C/c1ccco1. The fourth-order valence-corrected chi connectivity index (χ4v) is 0.794. The maximum Gasteiger partial charge on any atom is 0.161 e. The molecule has 0 saturated carbocycles. The van der Waals surface area contributed by atoms with Gasteiger partial charge in [-0.1, -0.05) is 20.8 Å². The molecule has 0 spiro atoms. The lowest BCUT2D eigenvalue weighted by atomic mass is 9.90. The van der Waals surface area contributed by atoms with Crippen LogP contribution in [-0.4, -0.2) is 5.78 Å². The largest absolute Gasteiger partial charge is 0.465 e. The van der Waals surface area contributed by atoms with Crippen molar-refractivity contribution in [2.45, 2.75) is 20.8 Å². The average molecular weight is 178 g/mol. The number of hydrogen-bond acceptors (Lipinski definition) is 2. The summed E-state index contributed by atoms with van der Waals surface area (Å²) in [6.07, 6.45) is 4.83. The van der Waals surface area contributed by atoms with Gasteiger partial charge < -0.3 is 4.42 Å². The van der Waals surface area contributed by atoms with Crippen molar-refractivity contribution in [3.8, 4) is 0 Å². The zero-order valence-electron chi connectivity index (χ0n) is 8.20. The summed E-state index contributed by atoms with van der Waals surface area (Å²) in [5.74, 6) is 0.807. The van der Waals surface area contributed by atoms with Crippen molar-refractivity contribution >= 4 is 11.9 Å². The Hall–Kier alpha value is -1.31. The third-order valence-electron chi connectivity index (χ3n) is 1.68. The Labute approximate surface area is 78.3 Å². The molecule has 2 heteroatoms. The molecule has 1 rings (SSSR count). The van der Waals surface area contributed by atoms with Crippen molar-refractivity contribution in [2.24, 2.45) is 5.41 Å². The van der Waals surface area contributed by atoms with Gasteiger partial charge in [-0.25, -0.2) is 0 Å². The number of carbonyl (C=O) groups excluding carboxylic acids is 1. The molecule has 0 N–H and O–H groups in total. The predicted molar refractivity (Wildman–Crippen MR) is 52.2 cm³/mol. The molecule has 13 heavy (non-hydrogen) atoms. The van der Waals surface area contributed by atoms with Gasteiger partial charge in [-0.3, -0.25) is 4.79 Å². The minimum absolute atomic E-state index is 0.101. The van der Waals surface area contributed by atoms with Gasteiger partial charge in [0.15, 0.2) is 5.78 Å². The summed E-state index contributed by atoms with van der Waals surface area (Å²) >= 11 is 0. The smallest absolute Gasteiger partial charge is 0.161 e. The van der Waals surface area contributed by atoms with Gasteiger partial charge in [0.2, 0.25) is 0 Å². The van der Waals surface area contributed by atoms with Gasteiger partial charge >= 0.3 is 0 Å². The first-order chi connectivity index (χ1) is 6.00. The Morgan fingerprint density at radius 1 is 1.46 bits per heavy atom. The molecule has 2 nitrogen and oxygen atoms in total. The monoisotopic (exact) mass is 178 g/mol. The molecule has 0 bridgehead atoms. The molecular weight excluding hydrogens is 164 g/mol. The molecule has 0 amide bonds. The van der Waals surface area contributed by atoms with E-state index in [1.165, 1.54) is 0 Å². The minimum Gasteiger partial charge on any atom is -0.465 e. The summed E-state index contributed by atoms with van der Waals surface area (Å²) in [5, 5.41) is 0. The Kier molecular flexibility index (Phi) is 2.71. The molecule has 1 heterocycles. The summed E-state index contributed by atoms with van der Waals surface area (Å²) in [6, 6.07) is 3.60. The third kappa shape index (κ3) is 2.90. The number of furan rings is 1. The van der Waals surface area contributed by atoms with Gasteiger partial charge in [0.25, 0.3) is 0 Å². The van der Waals surface area contributed by atoms with E-state index in [1.807, 2.05) is 26.8 Å². The van der Waals surface area contributed by atoms with E-state index < -0.39 is 0 Å². The molecule has 0 aliphatic heterocycles. The highest BCUT2D eigenvalue weighted by atomic mass is 16.3. The van der Waals surface area contributed by atoms with Gasteiger partial charge in [-0.15, -0.1) is 0 Å². The van der Waals surface area contributed by atoms with E-state index in [9.17, 15) is 4.79 Å². The lowest BCUT2D eigenvalue weighted by Crippen LogP contribution is -2.17. The quantitative estimate of drug-likeness (QED) is 0.652. The molecule has 1 aromatic rings. The van der Waals surface area contributed by atoms with Gasteiger partial charge in [-0.2, -0.15) is 0 Å². The molecule has 0 atom stereocenters. The van der Waals surface area contributed by atoms with Crippen molar-refractivity contribution in [1.29, 1.82) is 0 Å². The van der Waals surface area contributed by atoms with Crippen molar-refractivity contribution in [2.75, 3.05) is 0 Å². The minimum atomic E-state index is -0.316. The lowest BCUT2D eigenvalue weighted by Gasteiger charge is -2.12. The summed E-state index contributed by atoms with van der Waals surface area (Å²) in [6.45, 7) is 5.67. The highest BCUT2D eigenvalue weighted by molar-refractivity contribution is 5.96. The van der Waals surface area contributed by atoms with Crippen LogP contribution in [0.15, 0.2) is 28.9 Å². The van der Waals surface area contributed by atoms with Crippen LogP contribution >= 0.6 is 0 Å². The van der Waals surface area contributed by atoms with Crippen molar-refractivity contribution in [1.82, 2.24) is 0 Å². The first-order valence-electron chi connectivity index (χ1n) is 4.26. The topological polar surface area (TPSA) is 30.2 Å². The van der Waals surface area contributed by atoms with Gasteiger partial charge in [0.1, 0.15) is 5.76 Å². The van der Waals surface area contributed by atoms with Crippen LogP contribution in [0.2, 0.25) is 0 Å². The molecule has 0 aliphatic carbocycles. The first kappa shape index (κ1) is 9.78. The fourth-order valence-electron chi connectivity index (χ4n) is 0.794. The highest BCUT2D eigenvalue weighted by Crippen LogP contribution is 2.16. The first-order valence-corrected chi connectivity index (χ1v) is 4.26. The van der Waals surface area contributed by atoms with Crippen LogP contribution in [0.25, 0.3) is 6.08 Å². The Balaban J connectivity index is 2.65. The van der Waals surface area contributed by atoms with Gasteiger partial charge in [0, 0.05) is 5.41 Å². The molecule has 1 aromatic heterocycles. The molecular formula is C11H14O2. The zero-order valence-corrected chi connectivity index (χ0v) is 8.20. The molecule has 70 valence electrons. The van der Waals surface area contributed by atoms with E-state index in [1.54, 1.807) is 24.5 Å². The highest BCUT2D eigenvalue weighted by Gasteiger charge is 2.17. The predicted octanol–water partition coefficient (Wildman–Crippen LogP) is 2.91. The van der Waals surface area contributed by atoms with Gasteiger partial charge in [0.05, 0.1) is 6.26 Å². The van der Waals surface area contributed by atoms with Crippen LogP contribution in [0.1, 0.15) is 26.5 Å². The molecule has 0 aromatic carbocycles. The number of allylic oxidation sites excluding steroid dienone is 1. The second kappa shape index (κ2) is 3.60.